The Morgan fingerprint density at radius 2 is 1.67 bits per heavy atom. The molecule has 2 aromatic heterocycles. The molecule has 0 saturated carbocycles. The van der Waals surface area contributed by atoms with E-state index in [9.17, 15) is 18.8 Å². The van der Waals surface area contributed by atoms with Gasteiger partial charge in [-0.2, -0.15) is 0 Å². The molecule has 0 spiro atoms. The number of rotatable bonds is 9. The molecule has 1 amide bonds. The van der Waals surface area contributed by atoms with Crippen LogP contribution in [0, 0.1) is 12.7 Å². The van der Waals surface area contributed by atoms with Crippen LogP contribution < -0.4 is 4.90 Å². The highest BCUT2D eigenvalue weighted by molar-refractivity contribution is 6.02. The van der Waals surface area contributed by atoms with Crippen LogP contribution in [0.5, 0.6) is 0 Å². The summed E-state index contributed by atoms with van der Waals surface area (Å²) in [5.74, 6) is 0.136. The summed E-state index contributed by atoms with van der Waals surface area (Å²) in [5, 5.41) is 0.776. The Kier molecular flexibility index (Phi) is 8.92. The number of carbonyl (C=O) groups excluding carboxylic acids is 3. The Morgan fingerprint density at radius 3 is 2.41 bits per heavy atom. The summed E-state index contributed by atoms with van der Waals surface area (Å²) in [6, 6.07) is 22.8. The van der Waals surface area contributed by atoms with Crippen LogP contribution in [0.2, 0.25) is 0 Å². The number of piperazine rings is 1. The van der Waals surface area contributed by atoms with Crippen molar-refractivity contribution in [3.8, 4) is 11.1 Å². The van der Waals surface area contributed by atoms with Gasteiger partial charge >= 0.3 is 5.97 Å². The lowest BCUT2D eigenvalue weighted by atomic mass is 10.0. The van der Waals surface area contributed by atoms with E-state index in [2.05, 4.69) is 9.88 Å². The quantitative estimate of drug-likeness (QED) is 0.139. The van der Waals surface area contributed by atoms with Gasteiger partial charge in [0.15, 0.2) is 5.76 Å². The number of halogens is 1. The molecular weight excluding hydrogens is 585 g/mol. The third-order valence-corrected chi connectivity index (χ3v) is 8.36. The van der Waals surface area contributed by atoms with Crippen LogP contribution in [-0.2, 0) is 22.4 Å². The molecule has 234 valence electrons. The fraction of sp³-hybridized carbons (Fsp3) is 0.243. The summed E-state index contributed by atoms with van der Waals surface area (Å²) in [7, 11) is 0. The predicted molar refractivity (Wildman–Crippen MR) is 174 cm³/mol. The molecule has 0 radical (unpaired) electrons. The SMILES string of the molecule is CCOC(=O)c1ccccc1CC(=O)N1CCN(c2ccc(CC(=O)c3oc4ccc(-c5ccccc5F)cc4c3C)cn2)CC1. The van der Waals surface area contributed by atoms with Crippen LogP contribution >= 0.6 is 0 Å². The molecule has 9 heteroatoms. The lowest BCUT2D eigenvalue weighted by molar-refractivity contribution is -0.130. The molecule has 3 heterocycles. The summed E-state index contributed by atoms with van der Waals surface area (Å²) in [6.45, 7) is 6.17. The van der Waals surface area contributed by atoms with Crippen molar-refractivity contribution < 1.29 is 27.9 Å². The van der Waals surface area contributed by atoms with Crippen molar-refractivity contribution >= 4 is 34.4 Å². The van der Waals surface area contributed by atoms with E-state index in [0.717, 1.165) is 27.9 Å². The number of benzene rings is 3. The number of anilines is 1. The molecule has 1 aliphatic heterocycles. The predicted octanol–water partition coefficient (Wildman–Crippen LogP) is 6.44. The monoisotopic (exact) mass is 619 g/mol. The number of furan rings is 1. The van der Waals surface area contributed by atoms with E-state index < -0.39 is 5.97 Å². The van der Waals surface area contributed by atoms with Gasteiger partial charge in [-0.1, -0.05) is 48.5 Å². The van der Waals surface area contributed by atoms with E-state index in [-0.39, 0.29) is 42.7 Å². The van der Waals surface area contributed by atoms with Crippen molar-refractivity contribution in [2.24, 2.45) is 0 Å². The number of nitrogens with zero attached hydrogens (tertiary/aromatic N) is 3. The minimum Gasteiger partial charge on any atom is -0.462 e. The second kappa shape index (κ2) is 13.4. The smallest absolute Gasteiger partial charge is 0.338 e. The fourth-order valence-corrected chi connectivity index (χ4v) is 5.87. The zero-order valence-electron chi connectivity index (χ0n) is 25.8. The van der Waals surface area contributed by atoms with E-state index in [1.54, 1.807) is 66.6 Å². The van der Waals surface area contributed by atoms with Crippen molar-refractivity contribution in [3.63, 3.8) is 0 Å². The number of pyridine rings is 1. The number of Topliss-reactive ketones (excluding diaryl/α,β-unsaturated/α-hetero) is 1. The van der Waals surface area contributed by atoms with Gasteiger partial charge < -0.3 is 19.0 Å². The Bertz CT molecular complexity index is 1910. The number of esters is 1. The molecule has 6 rings (SSSR count). The number of aromatic nitrogens is 1. The fourth-order valence-electron chi connectivity index (χ4n) is 5.87. The van der Waals surface area contributed by atoms with Crippen LogP contribution in [0.3, 0.4) is 0 Å². The highest BCUT2D eigenvalue weighted by atomic mass is 19.1. The number of amides is 1. The Morgan fingerprint density at radius 1 is 0.913 bits per heavy atom. The third-order valence-electron chi connectivity index (χ3n) is 8.36. The normalized spacial score (nSPS) is 13.2. The molecule has 0 bridgehead atoms. The molecule has 0 aliphatic carbocycles. The van der Waals surface area contributed by atoms with Crippen LogP contribution in [-0.4, -0.2) is 60.3 Å². The molecule has 5 aromatic rings. The number of hydrogen-bond acceptors (Lipinski definition) is 7. The molecule has 8 nitrogen and oxygen atoms in total. The van der Waals surface area contributed by atoms with Crippen molar-refractivity contribution in [2.45, 2.75) is 26.7 Å². The third kappa shape index (κ3) is 6.40. The van der Waals surface area contributed by atoms with Gasteiger partial charge in [0.25, 0.3) is 0 Å². The van der Waals surface area contributed by atoms with Crippen LogP contribution in [0.15, 0.2) is 89.5 Å². The van der Waals surface area contributed by atoms with Gasteiger partial charge in [-0.05, 0) is 60.9 Å². The number of fused-ring (bicyclic) bond motifs is 1. The van der Waals surface area contributed by atoms with E-state index in [0.29, 0.717) is 48.5 Å². The molecule has 0 unspecified atom stereocenters. The van der Waals surface area contributed by atoms with Crippen molar-refractivity contribution in [2.75, 3.05) is 37.7 Å². The van der Waals surface area contributed by atoms with Crippen LogP contribution in [0.1, 0.15) is 44.5 Å². The number of hydrogen-bond donors (Lipinski definition) is 0. The van der Waals surface area contributed by atoms with Gasteiger partial charge in [-0.25, -0.2) is 14.2 Å². The zero-order chi connectivity index (χ0) is 32.2. The van der Waals surface area contributed by atoms with Gasteiger partial charge in [0.05, 0.1) is 18.6 Å². The second-order valence-corrected chi connectivity index (χ2v) is 11.3. The number of ether oxygens (including phenoxy) is 1. The maximum atomic E-state index is 14.4. The molecule has 3 aromatic carbocycles. The van der Waals surface area contributed by atoms with Gasteiger partial charge in [-0.3, -0.25) is 9.59 Å². The molecule has 1 fully saturated rings. The van der Waals surface area contributed by atoms with Gasteiger partial charge in [0, 0.05) is 55.3 Å². The number of aryl methyl sites for hydroxylation is 1. The highest BCUT2D eigenvalue weighted by Gasteiger charge is 2.24. The molecular formula is C37H34FN3O5. The summed E-state index contributed by atoms with van der Waals surface area (Å²) in [4.78, 5) is 47.2. The van der Waals surface area contributed by atoms with E-state index in [1.165, 1.54) is 6.07 Å². The van der Waals surface area contributed by atoms with Gasteiger partial charge in [-0.15, -0.1) is 0 Å². The Labute approximate surface area is 266 Å². The van der Waals surface area contributed by atoms with Crippen molar-refractivity contribution in [1.29, 1.82) is 0 Å². The Hall–Kier alpha value is -5.31. The Balaban J connectivity index is 1.06. The first-order valence-corrected chi connectivity index (χ1v) is 15.4. The van der Waals surface area contributed by atoms with E-state index >= 15 is 0 Å². The van der Waals surface area contributed by atoms with E-state index in [4.69, 9.17) is 9.15 Å². The van der Waals surface area contributed by atoms with Gasteiger partial charge in [0.2, 0.25) is 11.7 Å². The molecule has 0 atom stereocenters. The molecule has 1 saturated heterocycles. The standard InChI is InChI=1S/C37H34FN3O5/c1-3-45-37(44)29-10-5-4-8-26(29)22-35(43)41-18-16-40(17-19-41)34-15-12-25(23-39-34)20-32(42)36-24(2)30-21-27(13-14-33(30)46-36)28-9-6-7-11-31(28)38/h4-15,21,23H,3,16-20,22H2,1-2H3. The first kappa shape index (κ1) is 30.7. The second-order valence-electron chi connectivity index (χ2n) is 11.3. The summed E-state index contributed by atoms with van der Waals surface area (Å²) >= 11 is 0. The van der Waals surface area contributed by atoms with Crippen LogP contribution in [0.4, 0.5) is 10.2 Å². The average Bonchev–Trinajstić information content (AvgIpc) is 3.41. The molecule has 1 aliphatic rings. The lowest BCUT2D eigenvalue weighted by Gasteiger charge is -2.35. The first-order valence-electron chi connectivity index (χ1n) is 15.4. The summed E-state index contributed by atoms with van der Waals surface area (Å²) in [5.41, 5.74) is 4.35. The lowest BCUT2D eigenvalue weighted by Crippen LogP contribution is -2.49. The maximum Gasteiger partial charge on any atom is 0.338 e. The molecule has 46 heavy (non-hydrogen) atoms. The molecule has 0 N–H and O–H groups in total. The topological polar surface area (TPSA) is 93.0 Å². The van der Waals surface area contributed by atoms with Crippen molar-refractivity contribution in [3.05, 3.63) is 119 Å². The number of carbonyl (C=O) groups is 3. The largest absolute Gasteiger partial charge is 0.462 e. The maximum absolute atomic E-state index is 14.4. The first-order chi connectivity index (χ1) is 22.3. The zero-order valence-corrected chi connectivity index (χ0v) is 25.8. The summed E-state index contributed by atoms with van der Waals surface area (Å²) in [6.07, 6.45) is 1.96. The highest BCUT2D eigenvalue weighted by Crippen LogP contribution is 2.32. The van der Waals surface area contributed by atoms with Gasteiger partial charge in [0.1, 0.15) is 17.2 Å². The van der Waals surface area contributed by atoms with E-state index in [1.807, 2.05) is 31.2 Å². The number of ketones is 1. The minimum absolute atomic E-state index is 0.0393. The average molecular weight is 620 g/mol. The minimum atomic E-state index is -0.421. The van der Waals surface area contributed by atoms with Crippen molar-refractivity contribution in [1.82, 2.24) is 9.88 Å². The summed E-state index contributed by atoms with van der Waals surface area (Å²) < 4.78 is 25.4. The van der Waals surface area contributed by atoms with Crippen LogP contribution in [0.25, 0.3) is 22.1 Å².